The van der Waals surface area contributed by atoms with Crippen LogP contribution in [0.4, 0.5) is 0 Å². The van der Waals surface area contributed by atoms with Crippen LogP contribution in [0, 0.1) is 5.92 Å². The Morgan fingerprint density at radius 1 is 1.32 bits per heavy atom. The Hall–Kier alpha value is -0.490. The van der Waals surface area contributed by atoms with E-state index in [1.807, 2.05) is 6.92 Å². The monoisotopic (exact) mass is 325 g/mol. The van der Waals surface area contributed by atoms with Gasteiger partial charge in [-0.15, -0.1) is 0 Å². The van der Waals surface area contributed by atoms with Crippen LogP contribution in [0.1, 0.15) is 19.8 Å². The van der Waals surface area contributed by atoms with Gasteiger partial charge in [0.2, 0.25) is 10.0 Å². The summed E-state index contributed by atoms with van der Waals surface area (Å²) in [5, 5.41) is 5.86. The highest BCUT2D eigenvalue weighted by atomic mass is 35.5. The van der Waals surface area contributed by atoms with E-state index in [0.29, 0.717) is 22.2 Å². The summed E-state index contributed by atoms with van der Waals surface area (Å²) >= 11 is 11.9. The molecular weight excluding hydrogens is 309 g/mol. The van der Waals surface area contributed by atoms with Gasteiger partial charge in [-0.3, -0.25) is 0 Å². The van der Waals surface area contributed by atoms with Gasteiger partial charge in [0.1, 0.15) is 0 Å². The third kappa shape index (κ3) is 5.99. The van der Waals surface area contributed by atoms with Gasteiger partial charge in [-0.2, -0.15) is 0 Å². The lowest BCUT2D eigenvalue weighted by atomic mass is 10.1. The average Bonchev–Trinajstić information content (AvgIpc) is 2.26. The summed E-state index contributed by atoms with van der Waals surface area (Å²) in [5.74, 6) is 0.0943. The summed E-state index contributed by atoms with van der Waals surface area (Å²) in [6, 6.07) is 5.04. The van der Waals surface area contributed by atoms with Crippen LogP contribution in [0.2, 0.25) is 10.0 Å². The molecular formula is C12H17Cl2NO3S. The lowest BCUT2D eigenvalue weighted by Crippen LogP contribution is -2.27. The Labute approximate surface area is 123 Å². The normalized spacial score (nSPS) is 13.3. The van der Waals surface area contributed by atoms with E-state index in [1.165, 1.54) is 0 Å². The standard InChI is InChI=1S/C12H17Cl2NO3S/c1-2-4-9(8-19(15,16)17)7-18-12-10(13)5-3-6-11(12)14/h3,5-6,9H,2,4,7-8H2,1H3,(H2,15,16,17). The van der Waals surface area contributed by atoms with Gasteiger partial charge in [0.25, 0.3) is 0 Å². The highest BCUT2D eigenvalue weighted by Crippen LogP contribution is 2.32. The Balaban J connectivity index is 2.71. The van der Waals surface area contributed by atoms with Gasteiger partial charge in [-0.25, -0.2) is 13.6 Å². The molecule has 0 amide bonds. The maximum absolute atomic E-state index is 11.1. The zero-order chi connectivity index (χ0) is 14.5. The molecule has 0 radical (unpaired) electrons. The van der Waals surface area contributed by atoms with Gasteiger partial charge >= 0.3 is 0 Å². The van der Waals surface area contributed by atoms with Gasteiger partial charge in [-0.1, -0.05) is 42.6 Å². The van der Waals surface area contributed by atoms with Crippen molar-refractivity contribution in [1.29, 1.82) is 0 Å². The molecule has 0 heterocycles. The van der Waals surface area contributed by atoms with E-state index in [-0.39, 0.29) is 18.3 Å². The van der Waals surface area contributed by atoms with E-state index in [0.717, 1.165) is 6.42 Å². The Morgan fingerprint density at radius 3 is 2.37 bits per heavy atom. The van der Waals surface area contributed by atoms with Crippen molar-refractivity contribution in [1.82, 2.24) is 0 Å². The molecule has 4 nitrogen and oxygen atoms in total. The first-order chi connectivity index (χ1) is 8.83. The lowest BCUT2D eigenvalue weighted by Gasteiger charge is -2.17. The van der Waals surface area contributed by atoms with Crippen LogP contribution < -0.4 is 9.88 Å². The summed E-state index contributed by atoms with van der Waals surface area (Å²) in [4.78, 5) is 0. The highest BCUT2D eigenvalue weighted by Gasteiger charge is 2.17. The van der Waals surface area contributed by atoms with Crippen LogP contribution in [-0.2, 0) is 10.0 Å². The van der Waals surface area contributed by atoms with Crippen molar-refractivity contribution in [2.24, 2.45) is 11.1 Å². The zero-order valence-electron chi connectivity index (χ0n) is 10.6. The van der Waals surface area contributed by atoms with Crippen molar-refractivity contribution in [3.63, 3.8) is 0 Å². The number of benzene rings is 1. The van der Waals surface area contributed by atoms with E-state index in [1.54, 1.807) is 18.2 Å². The number of rotatable bonds is 7. The van der Waals surface area contributed by atoms with Crippen LogP contribution >= 0.6 is 23.2 Å². The summed E-state index contributed by atoms with van der Waals surface area (Å²) in [6.07, 6.45) is 1.55. The van der Waals surface area contributed by atoms with Crippen LogP contribution in [-0.4, -0.2) is 20.8 Å². The molecule has 19 heavy (non-hydrogen) atoms. The number of ether oxygens (including phenoxy) is 1. The molecule has 0 bridgehead atoms. The minimum Gasteiger partial charge on any atom is -0.490 e. The smallest absolute Gasteiger partial charge is 0.209 e. The zero-order valence-corrected chi connectivity index (χ0v) is 12.9. The molecule has 1 rings (SSSR count). The summed E-state index contributed by atoms with van der Waals surface area (Å²) in [7, 11) is -3.52. The van der Waals surface area contributed by atoms with Gasteiger partial charge < -0.3 is 4.74 Å². The van der Waals surface area contributed by atoms with Crippen molar-refractivity contribution in [2.75, 3.05) is 12.4 Å². The molecule has 1 atom stereocenters. The van der Waals surface area contributed by atoms with Crippen molar-refractivity contribution in [2.45, 2.75) is 19.8 Å². The largest absolute Gasteiger partial charge is 0.490 e. The van der Waals surface area contributed by atoms with Crippen LogP contribution in [0.25, 0.3) is 0 Å². The molecule has 0 aliphatic heterocycles. The number of hydrogen-bond acceptors (Lipinski definition) is 3. The molecule has 7 heteroatoms. The maximum Gasteiger partial charge on any atom is 0.209 e. The SMILES string of the molecule is CCCC(COc1c(Cl)cccc1Cl)CS(N)(=O)=O. The molecule has 0 aromatic heterocycles. The molecule has 0 aliphatic rings. The number of primary sulfonamides is 1. The number of halogens is 2. The van der Waals surface area contributed by atoms with Crippen molar-refractivity contribution in [3.05, 3.63) is 28.2 Å². The van der Waals surface area contributed by atoms with Crippen molar-refractivity contribution < 1.29 is 13.2 Å². The number of para-hydroxylation sites is 1. The fourth-order valence-electron chi connectivity index (χ4n) is 1.77. The second-order valence-corrected chi connectivity index (χ2v) is 6.82. The summed E-state index contributed by atoms with van der Waals surface area (Å²) in [5.41, 5.74) is 0. The molecule has 0 aliphatic carbocycles. The van der Waals surface area contributed by atoms with E-state index in [9.17, 15) is 8.42 Å². The number of hydrogen-bond donors (Lipinski definition) is 1. The minimum absolute atomic E-state index is 0.108. The van der Waals surface area contributed by atoms with Gasteiger partial charge in [0.05, 0.1) is 22.4 Å². The van der Waals surface area contributed by atoms with Crippen LogP contribution in [0.5, 0.6) is 5.75 Å². The molecule has 0 fully saturated rings. The third-order valence-electron chi connectivity index (χ3n) is 2.55. The second-order valence-electron chi connectivity index (χ2n) is 4.35. The Kier molecular flexibility index (Phi) is 6.39. The third-order valence-corrected chi connectivity index (χ3v) is 4.08. The summed E-state index contributed by atoms with van der Waals surface area (Å²) in [6.45, 7) is 2.19. The average molecular weight is 326 g/mol. The molecule has 1 aromatic carbocycles. The van der Waals surface area contributed by atoms with E-state index < -0.39 is 10.0 Å². The first kappa shape index (κ1) is 16.6. The summed E-state index contributed by atoms with van der Waals surface area (Å²) < 4.78 is 27.8. The predicted molar refractivity (Wildman–Crippen MR) is 78.3 cm³/mol. The number of nitrogens with two attached hydrogens (primary N) is 1. The fraction of sp³-hybridized carbons (Fsp3) is 0.500. The van der Waals surface area contributed by atoms with E-state index >= 15 is 0 Å². The molecule has 1 unspecified atom stereocenters. The molecule has 0 saturated heterocycles. The molecule has 0 saturated carbocycles. The predicted octanol–water partition coefficient (Wildman–Crippen LogP) is 3.08. The van der Waals surface area contributed by atoms with Gasteiger partial charge in [0.15, 0.2) is 5.75 Å². The van der Waals surface area contributed by atoms with Crippen LogP contribution in [0.15, 0.2) is 18.2 Å². The van der Waals surface area contributed by atoms with Crippen molar-refractivity contribution in [3.8, 4) is 5.75 Å². The fourth-order valence-corrected chi connectivity index (χ4v) is 3.20. The molecule has 108 valence electrons. The van der Waals surface area contributed by atoms with E-state index in [4.69, 9.17) is 33.1 Å². The topological polar surface area (TPSA) is 69.4 Å². The Bertz CT molecular complexity index is 499. The molecule has 0 spiro atoms. The molecule has 2 N–H and O–H groups in total. The first-order valence-electron chi connectivity index (χ1n) is 5.90. The van der Waals surface area contributed by atoms with E-state index in [2.05, 4.69) is 0 Å². The minimum atomic E-state index is -3.52. The Morgan fingerprint density at radius 2 is 1.89 bits per heavy atom. The van der Waals surface area contributed by atoms with Crippen LogP contribution in [0.3, 0.4) is 0 Å². The molecule has 1 aromatic rings. The quantitative estimate of drug-likeness (QED) is 0.837. The van der Waals surface area contributed by atoms with Gasteiger partial charge in [-0.05, 0) is 18.6 Å². The number of sulfonamides is 1. The first-order valence-corrected chi connectivity index (χ1v) is 8.38. The van der Waals surface area contributed by atoms with Crippen molar-refractivity contribution >= 4 is 33.2 Å². The lowest BCUT2D eigenvalue weighted by molar-refractivity contribution is 0.253. The second kappa shape index (κ2) is 7.33. The highest BCUT2D eigenvalue weighted by molar-refractivity contribution is 7.89. The maximum atomic E-state index is 11.1. The van der Waals surface area contributed by atoms with Gasteiger partial charge in [0, 0.05) is 5.92 Å².